The first kappa shape index (κ1) is 12.8. The predicted molar refractivity (Wildman–Crippen MR) is 70.9 cm³/mol. The van der Waals surface area contributed by atoms with E-state index in [2.05, 4.69) is 10.1 Å². The average molecular weight is 245 g/mol. The van der Waals surface area contributed by atoms with Gasteiger partial charge >= 0.3 is 0 Å². The lowest BCUT2D eigenvalue weighted by molar-refractivity contribution is 0.268. The fourth-order valence-electron chi connectivity index (χ4n) is 1.88. The molecule has 1 aromatic heterocycles. The monoisotopic (exact) mass is 245 g/mol. The molecular formula is C14H19N3O. The van der Waals surface area contributed by atoms with Gasteiger partial charge in [-0.3, -0.25) is 0 Å². The highest BCUT2D eigenvalue weighted by atomic mass is 16.5. The molecule has 0 fully saturated rings. The summed E-state index contributed by atoms with van der Waals surface area (Å²) in [5.41, 5.74) is 7.85. The van der Waals surface area contributed by atoms with E-state index in [4.69, 9.17) is 10.3 Å². The van der Waals surface area contributed by atoms with E-state index in [9.17, 15) is 0 Å². The summed E-state index contributed by atoms with van der Waals surface area (Å²) in [6, 6.07) is 8.02. The Balaban J connectivity index is 2.36. The Morgan fingerprint density at radius 2 is 2.00 bits per heavy atom. The van der Waals surface area contributed by atoms with Gasteiger partial charge in [0.2, 0.25) is 11.7 Å². The first-order valence-corrected chi connectivity index (χ1v) is 6.29. The van der Waals surface area contributed by atoms with E-state index in [1.165, 1.54) is 5.56 Å². The second-order valence-corrected chi connectivity index (χ2v) is 4.66. The molecule has 0 bridgehead atoms. The van der Waals surface area contributed by atoms with Crippen LogP contribution >= 0.6 is 0 Å². The molecular weight excluding hydrogens is 226 g/mol. The third kappa shape index (κ3) is 2.29. The summed E-state index contributed by atoms with van der Waals surface area (Å²) in [4.78, 5) is 4.43. The predicted octanol–water partition coefficient (Wildman–Crippen LogP) is 3.02. The van der Waals surface area contributed by atoms with E-state index in [1.54, 1.807) is 0 Å². The van der Waals surface area contributed by atoms with Crippen molar-refractivity contribution in [3.63, 3.8) is 0 Å². The van der Waals surface area contributed by atoms with Crippen LogP contribution in [0.3, 0.4) is 0 Å². The average Bonchev–Trinajstić information content (AvgIpc) is 2.88. The molecule has 0 atom stereocenters. The lowest BCUT2D eigenvalue weighted by Gasteiger charge is -2.20. The molecule has 0 amide bonds. The van der Waals surface area contributed by atoms with Crippen molar-refractivity contribution in [2.24, 2.45) is 5.73 Å². The molecule has 0 aliphatic carbocycles. The van der Waals surface area contributed by atoms with Gasteiger partial charge in [-0.05, 0) is 25.8 Å². The Labute approximate surface area is 107 Å². The van der Waals surface area contributed by atoms with Crippen molar-refractivity contribution < 1.29 is 4.52 Å². The fourth-order valence-corrected chi connectivity index (χ4v) is 1.88. The number of aryl methyl sites for hydroxylation is 1. The van der Waals surface area contributed by atoms with Crippen LogP contribution in [0.2, 0.25) is 0 Å². The van der Waals surface area contributed by atoms with Crippen LogP contribution in [0.1, 0.15) is 38.1 Å². The molecule has 2 N–H and O–H groups in total. The minimum Gasteiger partial charge on any atom is -0.337 e. The van der Waals surface area contributed by atoms with E-state index >= 15 is 0 Å². The van der Waals surface area contributed by atoms with Crippen LogP contribution in [0.15, 0.2) is 28.8 Å². The Hall–Kier alpha value is -1.68. The minimum atomic E-state index is -0.519. The third-order valence-electron chi connectivity index (χ3n) is 3.39. The number of hydrogen-bond acceptors (Lipinski definition) is 4. The van der Waals surface area contributed by atoms with Crippen molar-refractivity contribution in [2.45, 2.75) is 39.2 Å². The zero-order valence-electron chi connectivity index (χ0n) is 11.1. The highest BCUT2D eigenvalue weighted by molar-refractivity contribution is 5.55. The van der Waals surface area contributed by atoms with Gasteiger partial charge in [0, 0.05) is 5.56 Å². The lowest BCUT2D eigenvalue weighted by atomic mass is 9.94. The summed E-state index contributed by atoms with van der Waals surface area (Å²) in [6.07, 6.45) is 1.55. The summed E-state index contributed by atoms with van der Waals surface area (Å²) in [5, 5.41) is 4.02. The van der Waals surface area contributed by atoms with Gasteiger partial charge in [0.05, 0.1) is 5.54 Å². The van der Waals surface area contributed by atoms with E-state index in [-0.39, 0.29) is 0 Å². The molecule has 4 nitrogen and oxygen atoms in total. The van der Waals surface area contributed by atoms with Crippen LogP contribution in [0.25, 0.3) is 11.4 Å². The number of nitrogens with zero attached hydrogens (tertiary/aromatic N) is 2. The molecule has 0 radical (unpaired) electrons. The SMILES string of the molecule is CCC(N)(CC)c1nc(-c2cccc(C)c2)no1. The van der Waals surface area contributed by atoms with Crippen LogP contribution in [-0.2, 0) is 5.54 Å². The van der Waals surface area contributed by atoms with Gasteiger partial charge in [0.25, 0.3) is 0 Å². The zero-order chi connectivity index (χ0) is 13.2. The summed E-state index contributed by atoms with van der Waals surface area (Å²) in [5.74, 6) is 1.12. The topological polar surface area (TPSA) is 64.9 Å². The van der Waals surface area contributed by atoms with Gasteiger partial charge in [0.15, 0.2) is 0 Å². The second-order valence-electron chi connectivity index (χ2n) is 4.66. The van der Waals surface area contributed by atoms with Crippen LogP contribution in [0.5, 0.6) is 0 Å². The van der Waals surface area contributed by atoms with Crippen molar-refractivity contribution in [3.05, 3.63) is 35.7 Å². The number of rotatable bonds is 4. The largest absolute Gasteiger partial charge is 0.337 e. The van der Waals surface area contributed by atoms with Crippen molar-refractivity contribution >= 4 is 0 Å². The molecule has 0 aliphatic heterocycles. The van der Waals surface area contributed by atoms with E-state index in [0.717, 1.165) is 18.4 Å². The molecule has 96 valence electrons. The van der Waals surface area contributed by atoms with Crippen LogP contribution in [0.4, 0.5) is 0 Å². The first-order chi connectivity index (χ1) is 8.59. The summed E-state index contributed by atoms with van der Waals surface area (Å²) >= 11 is 0. The summed E-state index contributed by atoms with van der Waals surface area (Å²) in [7, 11) is 0. The Morgan fingerprint density at radius 3 is 2.61 bits per heavy atom. The second kappa shape index (κ2) is 4.90. The maximum Gasteiger partial charge on any atom is 0.247 e. The zero-order valence-corrected chi connectivity index (χ0v) is 11.1. The normalized spacial score (nSPS) is 11.8. The van der Waals surface area contributed by atoms with Crippen LogP contribution < -0.4 is 5.73 Å². The molecule has 0 saturated carbocycles. The molecule has 0 spiro atoms. The lowest BCUT2D eigenvalue weighted by Crippen LogP contribution is -2.35. The van der Waals surface area contributed by atoms with Gasteiger partial charge in [-0.2, -0.15) is 4.98 Å². The molecule has 0 unspecified atom stereocenters. The van der Waals surface area contributed by atoms with Crippen molar-refractivity contribution in [1.82, 2.24) is 10.1 Å². The maximum atomic E-state index is 6.24. The van der Waals surface area contributed by atoms with Crippen LogP contribution in [-0.4, -0.2) is 10.1 Å². The first-order valence-electron chi connectivity index (χ1n) is 6.29. The Morgan fingerprint density at radius 1 is 1.28 bits per heavy atom. The standard InChI is InChI=1S/C14H19N3O/c1-4-14(15,5-2)13-16-12(17-18-13)11-8-6-7-10(3)9-11/h6-9H,4-5,15H2,1-3H3. The van der Waals surface area contributed by atoms with E-state index in [1.807, 2.05) is 45.0 Å². The number of nitrogens with two attached hydrogens (primary N) is 1. The van der Waals surface area contributed by atoms with Gasteiger partial charge in [-0.15, -0.1) is 0 Å². The molecule has 0 saturated heterocycles. The van der Waals surface area contributed by atoms with Gasteiger partial charge in [0.1, 0.15) is 0 Å². The van der Waals surface area contributed by atoms with Crippen LogP contribution in [0, 0.1) is 6.92 Å². The summed E-state index contributed by atoms with van der Waals surface area (Å²) < 4.78 is 5.32. The van der Waals surface area contributed by atoms with E-state index in [0.29, 0.717) is 11.7 Å². The highest BCUT2D eigenvalue weighted by Crippen LogP contribution is 2.26. The van der Waals surface area contributed by atoms with E-state index < -0.39 is 5.54 Å². The Kier molecular flexibility index (Phi) is 3.48. The smallest absolute Gasteiger partial charge is 0.247 e. The van der Waals surface area contributed by atoms with Gasteiger partial charge in [-0.1, -0.05) is 42.8 Å². The number of benzene rings is 1. The van der Waals surface area contributed by atoms with Gasteiger partial charge < -0.3 is 10.3 Å². The molecule has 4 heteroatoms. The quantitative estimate of drug-likeness (QED) is 0.899. The molecule has 2 rings (SSSR count). The molecule has 1 heterocycles. The molecule has 0 aliphatic rings. The summed E-state index contributed by atoms with van der Waals surface area (Å²) in [6.45, 7) is 6.09. The van der Waals surface area contributed by atoms with Gasteiger partial charge in [-0.25, -0.2) is 0 Å². The Bertz CT molecular complexity index is 529. The fraction of sp³-hybridized carbons (Fsp3) is 0.429. The maximum absolute atomic E-state index is 6.24. The number of aromatic nitrogens is 2. The third-order valence-corrected chi connectivity index (χ3v) is 3.39. The van der Waals surface area contributed by atoms with Crippen molar-refractivity contribution in [2.75, 3.05) is 0 Å². The molecule has 2 aromatic rings. The minimum absolute atomic E-state index is 0.518. The molecule has 1 aromatic carbocycles. The van der Waals surface area contributed by atoms with Crippen molar-refractivity contribution in [1.29, 1.82) is 0 Å². The highest BCUT2D eigenvalue weighted by Gasteiger charge is 2.30. The molecule has 18 heavy (non-hydrogen) atoms. The number of hydrogen-bond donors (Lipinski definition) is 1. The van der Waals surface area contributed by atoms with Crippen molar-refractivity contribution in [3.8, 4) is 11.4 Å².